The lowest BCUT2D eigenvalue weighted by molar-refractivity contribution is -0.141. The third-order valence-corrected chi connectivity index (χ3v) is 3.61. The monoisotopic (exact) mass is 366 g/mol. The van der Waals surface area contributed by atoms with Crippen molar-refractivity contribution < 1.29 is 23.0 Å². The molecule has 3 heterocycles. The number of pyridine rings is 2. The Morgan fingerprint density at radius 1 is 1.31 bits per heavy atom. The number of aromatic nitrogens is 3. The molecule has 0 amide bonds. The van der Waals surface area contributed by atoms with Crippen molar-refractivity contribution in [1.82, 2.24) is 14.4 Å². The molecule has 2 N–H and O–H groups in total. The maximum Gasteiger partial charge on any atom is 0.433 e. The van der Waals surface area contributed by atoms with Gasteiger partial charge >= 0.3 is 6.18 Å². The van der Waals surface area contributed by atoms with E-state index in [0.717, 1.165) is 18.3 Å². The number of aliphatic hydroxyl groups excluding tert-OH is 1. The van der Waals surface area contributed by atoms with Crippen molar-refractivity contribution in [2.45, 2.75) is 12.8 Å². The summed E-state index contributed by atoms with van der Waals surface area (Å²) in [4.78, 5) is 20.1. The molecule has 136 valence electrons. The second-order valence-corrected chi connectivity index (χ2v) is 5.23. The molecule has 0 aromatic carbocycles. The van der Waals surface area contributed by atoms with Crippen molar-refractivity contribution in [3.63, 3.8) is 0 Å². The fourth-order valence-corrected chi connectivity index (χ4v) is 2.35. The van der Waals surface area contributed by atoms with Gasteiger partial charge in [0.05, 0.1) is 31.2 Å². The summed E-state index contributed by atoms with van der Waals surface area (Å²) in [5, 5.41) is 12.2. The summed E-state index contributed by atoms with van der Waals surface area (Å²) in [5.74, 6) is 0.325. The second kappa shape index (κ2) is 6.64. The lowest BCUT2D eigenvalue weighted by Crippen LogP contribution is -2.22. The van der Waals surface area contributed by atoms with Gasteiger partial charge < -0.3 is 15.2 Å². The van der Waals surface area contributed by atoms with E-state index in [4.69, 9.17) is 4.74 Å². The summed E-state index contributed by atoms with van der Waals surface area (Å²) >= 11 is 0. The molecule has 0 fully saturated rings. The highest BCUT2D eigenvalue weighted by Gasteiger charge is 2.32. The van der Waals surface area contributed by atoms with E-state index in [1.807, 2.05) is 0 Å². The number of fused-ring (bicyclic) bond motifs is 1. The van der Waals surface area contributed by atoms with Gasteiger partial charge in [-0.3, -0.25) is 9.20 Å². The highest BCUT2D eigenvalue weighted by Crippen LogP contribution is 2.28. The zero-order chi connectivity index (χ0) is 18.9. The normalized spacial score (nSPS) is 11.6. The van der Waals surface area contributed by atoms with Crippen LogP contribution in [-0.2, 0) is 12.8 Å². The first-order valence-electron chi connectivity index (χ1n) is 7.34. The molecule has 3 aromatic heterocycles. The lowest BCUT2D eigenvalue weighted by atomic mass is 10.2. The van der Waals surface area contributed by atoms with Gasteiger partial charge in [-0.1, -0.05) is 0 Å². The summed E-state index contributed by atoms with van der Waals surface area (Å²) in [6.07, 6.45) is -2.12. The van der Waals surface area contributed by atoms with E-state index in [9.17, 15) is 23.1 Å². The predicted octanol–water partition coefficient (Wildman–Crippen LogP) is 2.35. The number of ether oxygens (including phenoxy) is 1. The third-order valence-electron chi connectivity index (χ3n) is 3.61. The molecular weight excluding hydrogens is 353 g/mol. The molecule has 0 saturated carbocycles. The van der Waals surface area contributed by atoms with Crippen molar-refractivity contribution in [1.29, 1.82) is 0 Å². The molecular formula is C16H13F3N4O3. The van der Waals surface area contributed by atoms with E-state index in [2.05, 4.69) is 15.3 Å². The molecule has 0 bridgehead atoms. The number of nitrogens with zero attached hydrogens (tertiary/aromatic N) is 3. The molecule has 0 aliphatic carbocycles. The van der Waals surface area contributed by atoms with Crippen LogP contribution in [0.4, 0.5) is 24.7 Å². The van der Waals surface area contributed by atoms with E-state index < -0.39 is 24.0 Å². The van der Waals surface area contributed by atoms with Gasteiger partial charge in [0, 0.05) is 6.20 Å². The van der Waals surface area contributed by atoms with Gasteiger partial charge in [0.15, 0.2) is 11.4 Å². The number of anilines is 2. The van der Waals surface area contributed by atoms with Gasteiger partial charge in [-0.05, 0) is 24.3 Å². The lowest BCUT2D eigenvalue weighted by Gasteiger charge is -2.13. The maximum absolute atomic E-state index is 12.6. The topological polar surface area (TPSA) is 88.8 Å². The Balaban J connectivity index is 2.08. The minimum atomic E-state index is -4.55. The number of nitrogens with one attached hydrogen (secondary N) is 1. The van der Waals surface area contributed by atoms with Crippen LogP contribution in [0.15, 0.2) is 41.5 Å². The van der Waals surface area contributed by atoms with E-state index in [1.54, 1.807) is 12.1 Å². The summed E-state index contributed by atoms with van der Waals surface area (Å²) < 4.78 is 44.1. The van der Waals surface area contributed by atoms with Crippen molar-refractivity contribution in [3.8, 4) is 5.75 Å². The van der Waals surface area contributed by atoms with E-state index in [1.165, 1.54) is 17.7 Å². The number of alkyl halides is 3. The average molecular weight is 366 g/mol. The van der Waals surface area contributed by atoms with Crippen molar-refractivity contribution in [2.75, 3.05) is 12.4 Å². The highest BCUT2D eigenvalue weighted by molar-refractivity contribution is 5.64. The molecule has 0 aliphatic heterocycles. The molecule has 7 nitrogen and oxygen atoms in total. The fraction of sp³-hybridized carbons (Fsp3) is 0.188. The smallest absolute Gasteiger partial charge is 0.433 e. The average Bonchev–Trinajstić information content (AvgIpc) is 2.61. The van der Waals surface area contributed by atoms with E-state index in [0.29, 0.717) is 5.75 Å². The van der Waals surface area contributed by atoms with Crippen LogP contribution in [0.3, 0.4) is 0 Å². The Bertz CT molecular complexity index is 1000. The van der Waals surface area contributed by atoms with Crippen LogP contribution in [0.25, 0.3) is 5.65 Å². The molecule has 0 unspecified atom stereocenters. The standard InChI is InChI=1S/C16H13F3N4O3/c1-26-11-3-2-6-23-14(11)22-13(10(8-24)15(23)25)21-9-4-5-12(20-7-9)16(17,18)19/h2-7,21,24H,8H2,1H3. The minimum absolute atomic E-state index is 0.00330. The van der Waals surface area contributed by atoms with Crippen LogP contribution in [0, 0.1) is 0 Å². The zero-order valence-corrected chi connectivity index (χ0v) is 13.4. The minimum Gasteiger partial charge on any atom is -0.493 e. The fourth-order valence-electron chi connectivity index (χ4n) is 2.35. The first-order valence-corrected chi connectivity index (χ1v) is 7.34. The Labute approximate surface area is 144 Å². The van der Waals surface area contributed by atoms with Crippen molar-refractivity contribution in [2.24, 2.45) is 0 Å². The van der Waals surface area contributed by atoms with Crippen LogP contribution in [0.1, 0.15) is 11.3 Å². The second-order valence-electron chi connectivity index (χ2n) is 5.23. The molecule has 26 heavy (non-hydrogen) atoms. The molecule has 0 aliphatic rings. The number of hydrogen-bond donors (Lipinski definition) is 2. The molecule has 3 aromatic rings. The van der Waals surface area contributed by atoms with E-state index >= 15 is 0 Å². The Morgan fingerprint density at radius 3 is 2.65 bits per heavy atom. The number of rotatable bonds is 4. The van der Waals surface area contributed by atoms with Gasteiger partial charge in [0.25, 0.3) is 5.56 Å². The predicted molar refractivity (Wildman–Crippen MR) is 86.5 cm³/mol. The summed E-state index contributed by atoms with van der Waals surface area (Å²) in [5.41, 5.74) is -1.24. The largest absolute Gasteiger partial charge is 0.493 e. The molecule has 0 saturated heterocycles. The van der Waals surface area contributed by atoms with Gasteiger partial charge in [-0.25, -0.2) is 9.97 Å². The third kappa shape index (κ3) is 3.18. The maximum atomic E-state index is 12.6. The van der Waals surface area contributed by atoms with E-state index in [-0.39, 0.29) is 22.7 Å². The van der Waals surface area contributed by atoms with Crippen LogP contribution in [0.2, 0.25) is 0 Å². The van der Waals surface area contributed by atoms with Gasteiger partial charge in [0.2, 0.25) is 0 Å². The number of hydrogen-bond acceptors (Lipinski definition) is 6. The van der Waals surface area contributed by atoms with Crippen molar-refractivity contribution in [3.05, 3.63) is 58.3 Å². The molecule has 0 atom stereocenters. The van der Waals surface area contributed by atoms with Crippen LogP contribution >= 0.6 is 0 Å². The van der Waals surface area contributed by atoms with Crippen LogP contribution in [0.5, 0.6) is 5.75 Å². The van der Waals surface area contributed by atoms with Crippen molar-refractivity contribution >= 4 is 17.2 Å². The summed E-state index contributed by atoms with van der Waals surface area (Å²) in [6.45, 7) is -0.609. The Morgan fingerprint density at radius 2 is 2.08 bits per heavy atom. The first kappa shape index (κ1) is 17.7. The zero-order valence-electron chi connectivity index (χ0n) is 13.4. The Hall–Kier alpha value is -3.14. The molecule has 0 spiro atoms. The number of aliphatic hydroxyl groups is 1. The SMILES string of the molecule is COc1cccn2c(=O)c(CO)c(Nc3ccc(C(F)(F)F)nc3)nc12. The van der Waals surface area contributed by atoms with Gasteiger partial charge in [-0.2, -0.15) is 13.2 Å². The summed E-state index contributed by atoms with van der Waals surface area (Å²) in [7, 11) is 1.41. The molecule has 3 rings (SSSR count). The molecule has 10 heteroatoms. The van der Waals surface area contributed by atoms with Crippen LogP contribution in [-0.4, -0.2) is 26.6 Å². The number of methoxy groups -OCH3 is 1. The summed E-state index contributed by atoms with van der Waals surface area (Å²) in [6, 6.07) is 5.14. The van der Waals surface area contributed by atoms with Gasteiger partial charge in [0.1, 0.15) is 11.5 Å². The molecule has 0 radical (unpaired) electrons. The van der Waals surface area contributed by atoms with Gasteiger partial charge in [-0.15, -0.1) is 0 Å². The quantitative estimate of drug-likeness (QED) is 0.737. The number of halogens is 3. The highest BCUT2D eigenvalue weighted by atomic mass is 19.4. The first-order chi connectivity index (χ1) is 12.3. The Kier molecular flexibility index (Phi) is 4.51. The van der Waals surface area contributed by atoms with Crippen LogP contribution < -0.4 is 15.6 Å².